The Labute approximate surface area is 95.6 Å². The van der Waals surface area contributed by atoms with E-state index in [2.05, 4.69) is 27.7 Å². The minimum atomic E-state index is -0.121. The third-order valence-electron chi connectivity index (χ3n) is 3.13. The molecule has 0 aliphatic carbocycles. The Morgan fingerprint density at radius 3 is 2.33 bits per heavy atom. The van der Waals surface area contributed by atoms with E-state index in [1.54, 1.807) is 0 Å². The minimum absolute atomic E-state index is 0.121. The molecule has 0 aromatic rings. The maximum atomic E-state index is 5.99. The Morgan fingerprint density at radius 2 is 1.87 bits per heavy atom. The molecule has 0 saturated carbocycles. The summed E-state index contributed by atoms with van der Waals surface area (Å²) in [5.74, 6) is 0. The molecule has 0 aliphatic rings. The second-order valence-corrected chi connectivity index (χ2v) is 4.79. The van der Waals surface area contributed by atoms with Crippen LogP contribution in [0.5, 0.6) is 0 Å². The van der Waals surface area contributed by atoms with Crippen LogP contribution in [0.25, 0.3) is 0 Å². The predicted octanol–water partition coefficient (Wildman–Crippen LogP) is 3.49. The van der Waals surface area contributed by atoms with Crippen LogP contribution in [-0.4, -0.2) is 18.2 Å². The van der Waals surface area contributed by atoms with E-state index in [9.17, 15) is 0 Å². The lowest BCUT2D eigenvalue weighted by molar-refractivity contribution is -0.0748. The van der Waals surface area contributed by atoms with Crippen molar-refractivity contribution in [1.82, 2.24) is 0 Å². The average Bonchev–Trinajstić information content (AvgIpc) is 2.24. The van der Waals surface area contributed by atoms with Crippen LogP contribution in [0.4, 0.5) is 0 Å². The summed E-state index contributed by atoms with van der Waals surface area (Å²) in [4.78, 5) is 0. The molecule has 2 atom stereocenters. The maximum absolute atomic E-state index is 5.99. The van der Waals surface area contributed by atoms with Crippen LogP contribution < -0.4 is 5.73 Å². The first-order valence-corrected chi connectivity index (χ1v) is 6.45. The van der Waals surface area contributed by atoms with Crippen molar-refractivity contribution in [1.29, 1.82) is 0 Å². The van der Waals surface area contributed by atoms with E-state index >= 15 is 0 Å². The van der Waals surface area contributed by atoms with Gasteiger partial charge in [-0.2, -0.15) is 0 Å². The van der Waals surface area contributed by atoms with Gasteiger partial charge in [0.15, 0.2) is 0 Å². The lowest BCUT2D eigenvalue weighted by atomic mass is 10.0. The fourth-order valence-electron chi connectivity index (χ4n) is 1.68. The van der Waals surface area contributed by atoms with E-state index in [4.69, 9.17) is 10.5 Å². The van der Waals surface area contributed by atoms with Crippen molar-refractivity contribution >= 4 is 0 Å². The molecule has 0 aromatic carbocycles. The van der Waals surface area contributed by atoms with Gasteiger partial charge in [0.05, 0.1) is 11.7 Å². The van der Waals surface area contributed by atoms with Gasteiger partial charge in [-0.05, 0) is 26.7 Å². The Hall–Kier alpha value is -0.0800. The van der Waals surface area contributed by atoms with Gasteiger partial charge >= 0.3 is 0 Å². The highest BCUT2D eigenvalue weighted by Crippen LogP contribution is 2.18. The summed E-state index contributed by atoms with van der Waals surface area (Å²) in [6.45, 7) is 9.26. The zero-order valence-electron chi connectivity index (χ0n) is 11.0. The highest BCUT2D eigenvalue weighted by Gasteiger charge is 2.23. The molecule has 0 bridgehead atoms. The lowest BCUT2D eigenvalue weighted by Crippen LogP contribution is -2.39. The van der Waals surface area contributed by atoms with Crippen molar-refractivity contribution in [2.45, 2.75) is 77.9 Å². The van der Waals surface area contributed by atoms with Gasteiger partial charge in [0, 0.05) is 6.54 Å². The van der Waals surface area contributed by atoms with E-state index in [1.165, 1.54) is 25.7 Å². The first-order valence-electron chi connectivity index (χ1n) is 6.45. The highest BCUT2D eigenvalue weighted by molar-refractivity contribution is 4.75. The molecule has 0 radical (unpaired) electrons. The second kappa shape index (κ2) is 8.12. The van der Waals surface area contributed by atoms with Gasteiger partial charge in [-0.25, -0.2) is 0 Å². The van der Waals surface area contributed by atoms with Crippen molar-refractivity contribution in [2.75, 3.05) is 6.54 Å². The Kier molecular flexibility index (Phi) is 8.07. The summed E-state index contributed by atoms with van der Waals surface area (Å²) in [7, 11) is 0. The Morgan fingerprint density at radius 1 is 1.20 bits per heavy atom. The molecular formula is C13H29NO. The molecule has 2 N–H and O–H groups in total. The second-order valence-electron chi connectivity index (χ2n) is 4.79. The Bertz CT molecular complexity index is 143. The van der Waals surface area contributed by atoms with Crippen molar-refractivity contribution < 1.29 is 4.74 Å². The van der Waals surface area contributed by atoms with E-state index < -0.39 is 0 Å². The van der Waals surface area contributed by atoms with E-state index in [0.29, 0.717) is 12.6 Å². The van der Waals surface area contributed by atoms with Gasteiger partial charge < -0.3 is 10.5 Å². The fraction of sp³-hybridized carbons (Fsp3) is 1.00. The maximum Gasteiger partial charge on any atom is 0.0777 e. The van der Waals surface area contributed by atoms with Gasteiger partial charge in [-0.15, -0.1) is 0 Å². The summed E-state index contributed by atoms with van der Waals surface area (Å²) in [6, 6.07) is 0. The molecule has 2 heteroatoms. The molecule has 0 aliphatic heterocycles. The fourth-order valence-corrected chi connectivity index (χ4v) is 1.68. The van der Waals surface area contributed by atoms with E-state index in [0.717, 1.165) is 12.8 Å². The topological polar surface area (TPSA) is 35.2 Å². The summed E-state index contributed by atoms with van der Waals surface area (Å²) in [6.07, 6.45) is 7.74. The van der Waals surface area contributed by atoms with E-state index in [1.807, 2.05) is 0 Å². The van der Waals surface area contributed by atoms with Crippen molar-refractivity contribution in [2.24, 2.45) is 5.73 Å². The summed E-state index contributed by atoms with van der Waals surface area (Å²) in [5.41, 5.74) is 5.60. The number of hydrogen-bond donors (Lipinski definition) is 1. The molecule has 0 aromatic heterocycles. The van der Waals surface area contributed by atoms with Gasteiger partial charge in [-0.3, -0.25) is 0 Å². The normalized spacial score (nSPS) is 17.4. The van der Waals surface area contributed by atoms with Crippen LogP contribution in [-0.2, 0) is 4.74 Å². The monoisotopic (exact) mass is 215 g/mol. The van der Waals surface area contributed by atoms with Crippen molar-refractivity contribution in [3.63, 3.8) is 0 Å². The number of ether oxygens (including phenoxy) is 1. The van der Waals surface area contributed by atoms with Gasteiger partial charge in [-0.1, -0.05) is 39.5 Å². The largest absolute Gasteiger partial charge is 0.371 e. The molecule has 0 amide bonds. The predicted molar refractivity (Wildman–Crippen MR) is 67.1 cm³/mol. The van der Waals surface area contributed by atoms with Crippen LogP contribution in [0, 0.1) is 0 Å². The smallest absolute Gasteiger partial charge is 0.0777 e. The summed E-state index contributed by atoms with van der Waals surface area (Å²) >= 11 is 0. The van der Waals surface area contributed by atoms with Crippen molar-refractivity contribution in [3.8, 4) is 0 Å². The molecule has 92 valence electrons. The van der Waals surface area contributed by atoms with Crippen molar-refractivity contribution in [3.05, 3.63) is 0 Å². The average molecular weight is 215 g/mol. The molecule has 0 heterocycles. The van der Waals surface area contributed by atoms with Crippen LogP contribution >= 0.6 is 0 Å². The van der Waals surface area contributed by atoms with Gasteiger partial charge in [0.2, 0.25) is 0 Å². The first-order chi connectivity index (χ1) is 7.08. The molecule has 0 saturated heterocycles. The first kappa shape index (κ1) is 14.9. The number of nitrogens with two attached hydrogens (primary N) is 1. The van der Waals surface area contributed by atoms with Gasteiger partial charge in [0.25, 0.3) is 0 Å². The highest BCUT2D eigenvalue weighted by atomic mass is 16.5. The molecular weight excluding hydrogens is 186 g/mol. The van der Waals surface area contributed by atoms with Crippen LogP contribution in [0.2, 0.25) is 0 Å². The van der Waals surface area contributed by atoms with Gasteiger partial charge in [0.1, 0.15) is 0 Å². The SMILES string of the molecule is CCCCCCC(C)OC(C)(CC)CN. The molecule has 0 fully saturated rings. The van der Waals surface area contributed by atoms with Crippen LogP contribution in [0.3, 0.4) is 0 Å². The Balaban J connectivity index is 3.67. The van der Waals surface area contributed by atoms with Crippen LogP contribution in [0.1, 0.15) is 66.2 Å². The summed E-state index contributed by atoms with van der Waals surface area (Å²) in [5, 5.41) is 0. The number of hydrogen-bond acceptors (Lipinski definition) is 2. The zero-order chi connectivity index (χ0) is 11.7. The van der Waals surface area contributed by atoms with E-state index in [-0.39, 0.29) is 5.60 Å². The molecule has 0 spiro atoms. The number of unbranched alkanes of at least 4 members (excludes halogenated alkanes) is 3. The third-order valence-corrected chi connectivity index (χ3v) is 3.13. The number of rotatable bonds is 9. The zero-order valence-corrected chi connectivity index (χ0v) is 11.0. The minimum Gasteiger partial charge on any atom is -0.371 e. The molecule has 15 heavy (non-hydrogen) atoms. The molecule has 0 rings (SSSR count). The lowest BCUT2D eigenvalue weighted by Gasteiger charge is -2.30. The van der Waals surface area contributed by atoms with Crippen LogP contribution in [0.15, 0.2) is 0 Å². The standard InChI is InChI=1S/C13H29NO/c1-5-7-8-9-10-12(3)15-13(4,6-2)11-14/h12H,5-11,14H2,1-4H3. The third kappa shape index (κ3) is 6.91. The molecule has 2 nitrogen and oxygen atoms in total. The summed E-state index contributed by atoms with van der Waals surface area (Å²) < 4.78 is 5.99. The quantitative estimate of drug-likeness (QED) is 0.598. The molecule has 2 unspecified atom stereocenters.